The Bertz CT molecular complexity index is 396. The zero-order chi connectivity index (χ0) is 13.5. The molecule has 0 aliphatic heterocycles. The Morgan fingerprint density at radius 2 is 2.22 bits per heavy atom. The number of benzene rings is 1. The Hall–Kier alpha value is -1.20. The van der Waals surface area contributed by atoms with E-state index in [9.17, 15) is 4.79 Å². The molecule has 0 aromatic heterocycles. The molecule has 1 aromatic rings. The van der Waals surface area contributed by atoms with Crippen molar-refractivity contribution in [2.75, 3.05) is 12.9 Å². The zero-order valence-electron chi connectivity index (χ0n) is 10.8. The van der Waals surface area contributed by atoms with Crippen molar-refractivity contribution in [3.05, 3.63) is 24.3 Å². The number of ether oxygens (including phenoxy) is 1. The summed E-state index contributed by atoms with van der Waals surface area (Å²) in [6.07, 6.45) is 0. The van der Waals surface area contributed by atoms with E-state index in [2.05, 4.69) is 5.32 Å². The Morgan fingerprint density at radius 1 is 1.50 bits per heavy atom. The molecule has 0 radical (unpaired) electrons. The maximum absolute atomic E-state index is 11.1. The fraction of sp³-hybridized carbons (Fsp3) is 0.462. The van der Waals surface area contributed by atoms with E-state index in [1.807, 2.05) is 38.1 Å². The first kappa shape index (κ1) is 14.9. The molecule has 0 heterocycles. The van der Waals surface area contributed by atoms with Gasteiger partial charge in [0, 0.05) is 16.7 Å². The van der Waals surface area contributed by atoms with Gasteiger partial charge in [-0.2, -0.15) is 0 Å². The van der Waals surface area contributed by atoms with Crippen molar-refractivity contribution in [1.82, 2.24) is 5.32 Å². The molecule has 0 saturated heterocycles. The van der Waals surface area contributed by atoms with Gasteiger partial charge in [0.15, 0.2) is 0 Å². The summed E-state index contributed by atoms with van der Waals surface area (Å²) in [6, 6.07) is 7.22. The fourth-order valence-electron chi connectivity index (χ4n) is 1.46. The Labute approximate surface area is 112 Å². The number of thioether (sulfide) groups is 1. The number of carbonyl (C=O) groups is 1. The van der Waals surface area contributed by atoms with Gasteiger partial charge in [0.2, 0.25) is 0 Å². The van der Waals surface area contributed by atoms with Crippen molar-refractivity contribution in [2.45, 2.75) is 30.8 Å². The summed E-state index contributed by atoms with van der Waals surface area (Å²) < 4.78 is 5.13. The van der Waals surface area contributed by atoms with E-state index in [-0.39, 0.29) is 6.04 Å². The molecule has 0 saturated carbocycles. The molecular formula is C13H19NO3S. The van der Waals surface area contributed by atoms with E-state index in [0.29, 0.717) is 5.75 Å². The van der Waals surface area contributed by atoms with E-state index >= 15 is 0 Å². The third kappa shape index (κ3) is 4.98. The van der Waals surface area contributed by atoms with E-state index in [0.717, 1.165) is 10.6 Å². The second-order valence-electron chi connectivity index (χ2n) is 4.20. The van der Waals surface area contributed by atoms with Crippen LogP contribution in [0.15, 0.2) is 29.2 Å². The van der Waals surface area contributed by atoms with Crippen LogP contribution in [0, 0.1) is 0 Å². The number of aliphatic carboxylic acids is 1. The highest BCUT2D eigenvalue weighted by Crippen LogP contribution is 2.23. The first-order valence-electron chi connectivity index (χ1n) is 5.78. The normalized spacial score (nSPS) is 12.4. The minimum atomic E-state index is -0.820. The maximum atomic E-state index is 11.1. The van der Waals surface area contributed by atoms with Crippen molar-refractivity contribution in [3.63, 3.8) is 0 Å². The van der Waals surface area contributed by atoms with Crippen molar-refractivity contribution < 1.29 is 14.6 Å². The predicted molar refractivity (Wildman–Crippen MR) is 73.4 cm³/mol. The van der Waals surface area contributed by atoms with Gasteiger partial charge >= 0.3 is 5.97 Å². The van der Waals surface area contributed by atoms with Gasteiger partial charge in [-0.1, -0.05) is 19.9 Å². The monoisotopic (exact) mass is 269 g/mol. The van der Waals surface area contributed by atoms with Crippen LogP contribution in [0.5, 0.6) is 5.75 Å². The standard InChI is InChI=1S/C13H19NO3S/c1-9(2)14-12(13(15)16)8-18-11-6-4-5-10(7-11)17-3/h4-7,9,12,14H,8H2,1-3H3,(H,15,16). The minimum Gasteiger partial charge on any atom is -0.497 e. The lowest BCUT2D eigenvalue weighted by Crippen LogP contribution is -2.42. The van der Waals surface area contributed by atoms with Crippen LogP contribution in [0.3, 0.4) is 0 Å². The molecule has 1 atom stereocenters. The molecule has 18 heavy (non-hydrogen) atoms. The summed E-state index contributed by atoms with van der Waals surface area (Å²) in [6.45, 7) is 3.87. The van der Waals surface area contributed by atoms with Gasteiger partial charge in [0.25, 0.3) is 0 Å². The van der Waals surface area contributed by atoms with E-state index in [1.165, 1.54) is 11.8 Å². The first-order chi connectivity index (χ1) is 8.52. The van der Waals surface area contributed by atoms with Crippen molar-refractivity contribution >= 4 is 17.7 Å². The molecule has 100 valence electrons. The van der Waals surface area contributed by atoms with E-state index < -0.39 is 12.0 Å². The Kier molecular flexibility index (Phi) is 6.01. The largest absolute Gasteiger partial charge is 0.497 e. The molecule has 4 nitrogen and oxygen atoms in total. The third-order valence-electron chi connectivity index (χ3n) is 2.29. The SMILES string of the molecule is COc1cccc(SCC(NC(C)C)C(=O)O)c1. The number of methoxy groups -OCH3 is 1. The highest BCUT2D eigenvalue weighted by molar-refractivity contribution is 7.99. The van der Waals surface area contributed by atoms with Gasteiger partial charge in [-0.15, -0.1) is 11.8 Å². The van der Waals surface area contributed by atoms with Crippen LogP contribution >= 0.6 is 11.8 Å². The second kappa shape index (κ2) is 7.28. The lowest BCUT2D eigenvalue weighted by molar-refractivity contribution is -0.139. The second-order valence-corrected chi connectivity index (χ2v) is 5.30. The molecule has 5 heteroatoms. The van der Waals surface area contributed by atoms with Gasteiger partial charge in [-0.05, 0) is 18.2 Å². The average molecular weight is 269 g/mol. The van der Waals surface area contributed by atoms with Crippen LogP contribution in [0.25, 0.3) is 0 Å². The van der Waals surface area contributed by atoms with Crippen LogP contribution < -0.4 is 10.1 Å². The molecule has 1 rings (SSSR count). The fourth-order valence-corrected chi connectivity index (χ4v) is 2.44. The third-order valence-corrected chi connectivity index (χ3v) is 3.38. The van der Waals surface area contributed by atoms with Gasteiger partial charge in [0.05, 0.1) is 7.11 Å². The summed E-state index contributed by atoms with van der Waals surface area (Å²) in [5, 5.41) is 12.1. The van der Waals surface area contributed by atoms with Crippen molar-refractivity contribution in [3.8, 4) is 5.75 Å². The molecule has 0 amide bonds. The molecule has 1 aromatic carbocycles. The molecule has 0 aliphatic rings. The summed E-state index contributed by atoms with van der Waals surface area (Å²) in [4.78, 5) is 12.1. The van der Waals surface area contributed by atoms with Crippen molar-refractivity contribution in [2.24, 2.45) is 0 Å². The highest BCUT2D eigenvalue weighted by atomic mass is 32.2. The number of carboxylic acids is 1. The summed E-state index contributed by atoms with van der Waals surface area (Å²) in [5.41, 5.74) is 0. The molecular weight excluding hydrogens is 250 g/mol. The van der Waals surface area contributed by atoms with E-state index in [1.54, 1.807) is 7.11 Å². The lowest BCUT2D eigenvalue weighted by atomic mass is 10.3. The molecule has 2 N–H and O–H groups in total. The number of carboxylic acid groups (broad SMARTS) is 1. The van der Waals surface area contributed by atoms with Gasteiger partial charge in [-0.3, -0.25) is 4.79 Å². The van der Waals surface area contributed by atoms with E-state index in [4.69, 9.17) is 9.84 Å². The zero-order valence-corrected chi connectivity index (χ0v) is 11.7. The molecule has 0 fully saturated rings. The number of nitrogens with one attached hydrogen (secondary N) is 1. The number of hydrogen-bond donors (Lipinski definition) is 2. The van der Waals surface area contributed by atoms with Crippen LogP contribution in [-0.4, -0.2) is 36.0 Å². The number of hydrogen-bond acceptors (Lipinski definition) is 4. The van der Waals surface area contributed by atoms with Crippen LogP contribution in [0.1, 0.15) is 13.8 Å². The molecule has 0 bridgehead atoms. The van der Waals surface area contributed by atoms with Gasteiger partial charge < -0.3 is 15.2 Å². The van der Waals surface area contributed by atoms with Crippen LogP contribution in [0.2, 0.25) is 0 Å². The lowest BCUT2D eigenvalue weighted by Gasteiger charge is -2.16. The topological polar surface area (TPSA) is 58.6 Å². The minimum absolute atomic E-state index is 0.150. The van der Waals surface area contributed by atoms with Crippen LogP contribution in [0.4, 0.5) is 0 Å². The van der Waals surface area contributed by atoms with Gasteiger partial charge in [0.1, 0.15) is 11.8 Å². The molecule has 0 aliphatic carbocycles. The number of rotatable bonds is 7. The maximum Gasteiger partial charge on any atom is 0.321 e. The molecule has 1 unspecified atom stereocenters. The summed E-state index contributed by atoms with van der Waals surface area (Å²) in [5.74, 6) is 0.448. The van der Waals surface area contributed by atoms with Crippen molar-refractivity contribution in [1.29, 1.82) is 0 Å². The highest BCUT2D eigenvalue weighted by Gasteiger charge is 2.18. The quantitative estimate of drug-likeness (QED) is 0.743. The average Bonchev–Trinajstić information content (AvgIpc) is 2.34. The molecule has 0 spiro atoms. The first-order valence-corrected chi connectivity index (χ1v) is 6.77. The smallest absolute Gasteiger partial charge is 0.321 e. The Morgan fingerprint density at radius 3 is 2.78 bits per heavy atom. The predicted octanol–water partition coefficient (Wildman–Crippen LogP) is 2.24. The summed E-state index contributed by atoms with van der Waals surface area (Å²) in [7, 11) is 1.62. The van der Waals surface area contributed by atoms with Gasteiger partial charge in [-0.25, -0.2) is 0 Å². The Balaban J connectivity index is 2.58. The van der Waals surface area contributed by atoms with Crippen LogP contribution in [-0.2, 0) is 4.79 Å². The summed E-state index contributed by atoms with van der Waals surface area (Å²) >= 11 is 1.51.